The maximum Gasteiger partial charge on any atom is 0.109 e. The van der Waals surface area contributed by atoms with Gasteiger partial charge in [0.1, 0.15) is 5.82 Å². The van der Waals surface area contributed by atoms with Gasteiger partial charge in [0.25, 0.3) is 0 Å². The van der Waals surface area contributed by atoms with Crippen LogP contribution in [0.1, 0.15) is 31.2 Å². The lowest BCUT2D eigenvalue weighted by Gasteiger charge is -2.02. The molecule has 1 aromatic heterocycles. The van der Waals surface area contributed by atoms with Crippen LogP contribution in [0.25, 0.3) is 11.0 Å². The second kappa shape index (κ2) is 4.05. The van der Waals surface area contributed by atoms with Gasteiger partial charge in [0.05, 0.1) is 11.0 Å². The van der Waals surface area contributed by atoms with E-state index in [0.29, 0.717) is 0 Å². The zero-order valence-electron chi connectivity index (χ0n) is 9.75. The molecule has 0 unspecified atom stereocenters. The molecule has 1 heterocycles. The van der Waals surface area contributed by atoms with E-state index in [-0.39, 0.29) is 0 Å². The Morgan fingerprint density at radius 3 is 2.80 bits per heavy atom. The van der Waals surface area contributed by atoms with Crippen molar-refractivity contribution in [2.24, 2.45) is 7.05 Å². The lowest BCUT2D eigenvalue weighted by Crippen LogP contribution is -1.98. The molecule has 0 atom stereocenters. The highest BCUT2D eigenvalue weighted by atomic mass is 15.1. The van der Waals surface area contributed by atoms with Gasteiger partial charge in [-0.2, -0.15) is 0 Å². The fourth-order valence-electron chi connectivity index (χ4n) is 2.07. The van der Waals surface area contributed by atoms with E-state index in [1.54, 1.807) is 0 Å². The smallest absolute Gasteiger partial charge is 0.109 e. The van der Waals surface area contributed by atoms with E-state index in [1.165, 1.54) is 29.7 Å². The molecule has 15 heavy (non-hydrogen) atoms. The predicted octanol–water partition coefficient (Wildman–Crippen LogP) is 3.22. The number of fused-ring (bicyclic) bond motifs is 1. The van der Waals surface area contributed by atoms with E-state index in [2.05, 4.69) is 48.6 Å². The number of unbranched alkanes of at least 4 members (excludes halogenated alkanes) is 1. The summed E-state index contributed by atoms with van der Waals surface area (Å²) in [5.74, 6) is 1.21. The summed E-state index contributed by atoms with van der Waals surface area (Å²) in [6.07, 6.45) is 3.53. The number of rotatable bonds is 3. The molecule has 1 aromatic carbocycles. The normalized spacial score (nSPS) is 11.1. The Labute approximate surface area is 90.9 Å². The van der Waals surface area contributed by atoms with Crippen LogP contribution in [0.4, 0.5) is 0 Å². The Morgan fingerprint density at radius 2 is 2.13 bits per heavy atom. The summed E-state index contributed by atoms with van der Waals surface area (Å²) >= 11 is 0. The van der Waals surface area contributed by atoms with E-state index < -0.39 is 0 Å². The first kappa shape index (κ1) is 10.2. The van der Waals surface area contributed by atoms with Gasteiger partial charge < -0.3 is 4.57 Å². The van der Waals surface area contributed by atoms with Crippen LogP contribution in [0, 0.1) is 6.92 Å². The number of aromatic nitrogens is 2. The van der Waals surface area contributed by atoms with Gasteiger partial charge in [-0.15, -0.1) is 0 Å². The third-order valence-corrected chi connectivity index (χ3v) is 2.94. The molecule has 2 heteroatoms. The molecule has 2 nitrogen and oxygen atoms in total. The monoisotopic (exact) mass is 202 g/mol. The highest BCUT2D eigenvalue weighted by Crippen LogP contribution is 2.19. The topological polar surface area (TPSA) is 17.8 Å². The van der Waals surface area contributed by atoms with Crippen LogP contribution in [-0.4, -0.2) is 9.55 Å². The summed E-state index contributed by atoms with van der Waals surface area (Å²) in [6.45, 7) is 4.36. The van der Waals surface area contributed by atoms with Crippen molar-refractivity contribution >= 4 is 11.0 Å². The fraction of sp³-hybridized carbons (Fsp3) is 0.462. The average Bonchev–Trinajstić information content (AvgIpc) is 2.54. The number of hydrogen-bond acceptors (Lipinski definition) is 1. The summed E-state index contributed by atoms with van der Waals surface area (Å²) in [5, 5.41) is 0. The lowest BCUT2D eigenvalue weighted by atomic mass is 10.2. The maximum absolute atomic E-state index is 4.67. The highest BCUT2D eigenvalue weighted by molar-refractivity contribution is 5.79. The Hall–Kier alpha value is -1.31. The van der Waals surface area contributed by atoms with Gasteiger partial charge in [0, 0.05) is 13.5 Å². The van der Waals surface area contributed by atoms with Gasteiger partial charge in [0.15, 0.2) is 0 Å². The van der Waals surface area contributed by atoms with Crippen molar-refractivity contribution in [1.29, 1.82) is 0 Å². The standard InChI is InChI=1S/C13H18N2/c1-4-5-9-12-14-11-8-6-7-10(2)13(11)15(12)3/h6-8H,4-5,9H2,1-3H3. The first-order chi connectivity index (χ1) is 7.24. The third kappa shape index (κ3) is 1.76. The molecule has 0 aliphatic rings. The molecule has 0 N–H and O–H groups in total. The summed E-state index contributed by atoms with van der Waals surface area (Å²) < 4.78 is 2.24. The summed E-state index contributed by atoms with van der Waals surface area (Å²) in [5.41, 5.74) is 3.72. The van der Waals surface area contributed by atoms with Crippen molar-refractivity contribution in [1.82, 2.24) is 9.55 Å². The Balaban J connectivity index is 2.50. The van der Waals surface area contributed by atoms with Crippen LogP contribution < -0.4 is 0 Å². The summed E-state index contributed by atoms with van der Waals surface area (Å²) in [4.78, 5) is 4.67. The van der Waals surface area contributed by atoms with Crippen molar-refractivity contribution < 1.29 is 0 Å². The van der Waals surface area contributed by atoms with Crippen LogP contribution in [0.15, 0.2) is 18.2 Å². The number of benzene rings is 1. The van der Waals surface area contributed by atoms with Gasteiger partial charge in [0.2, 0.25) is 0 Å². The quantitative estimate of drug-likeness (QED) is 0.747. The molecule has 0 saturated carbocycles. The number of para-hydroxylation sites is 1. The van der Waals surface area contributed by atoms with Gasteiger partial charge in [-0.3, -0.25) is 0 Å². The van der Waals surface area contributed by atoms with Crippen molar-refractivity contribution in [3.63, 3.8) is 0 Å². The molecule has 0 spiro atoms. The molecule has 0 bridgehead atoms. The molecule has 0 fully saturated rings. The van der Waals surface area contributed by atoms with Crippen LogP contribution in [0.2, 0.25) is 0 Å². The molecular weight excluding hydrogens is 184 g/mol. The Bertz CT molecular complexity index is 469. The second-order valence-corrected chi connectivity index (χ2v) is 4.13. The molecule has 80 valence electrons. The van der Waals surface area contributed by atoms with E-state index >= 15 is 0 Å². The first-order valence-corrected chi connectivity index (χ1v) is 5.65. The summed E-state index contributed by atoms with van der Waals surface area (Å²) in [7, 11) is 2.12. The average molecular weight is 202 g/mol. The van der Waals surface area contributed by atoms with Crippen LogP contribution in [0.5, 0.6) is 0 Å². The number of aryl methyl sites for hydroxylation is 3. The van der Waals surface area contributed by atoms with Crippen molar-refractivity contribution in [2.75, 3.05) is 0 Å². The zero-order chi connectivity index (χ0) is 10.8. The van der Waals surface area contributed by atoms with Crippen LogP contribution in [0.3, 0.4) is 0 Å². The maximum atomic E-state index is 4.67. The van der Waals surface area contributed by atoms with Crippen LogP contribution >= 0.6 is 0 Å². The third-order valence-electron chi connectivity index (χ3n) is 2.94. The molecular formula is C13H18N2. The Kier molecular flexibility index (Phi) is 2.76. The summed E-state index contributed by atoms with van der Waals surface area (Å²) in [6, 6.07) is 6.32. The largest absolute Gasteiger partial charge is 0.331 e. The van der Waals surface area contributed by atoms with E-state index in [0.717, 1.165) is 11.9 Å². The van der Waals surface area contributed by atoms with Crippen LogP contribution in [-0.2, 0) is 13.5 Å². The van der Waals surface area contributed by atoms with Gasteiger partial charge in [-0.1, -0.05) is 25.5 Å². The molecule has 0 amide bonds. The lowest BCUT2D eigenvalue weighted by molar-refractivity contribution is 0.719. The molecule has 0 saturated heterocycles. The van der Waals surface area contributed by atoms with Gasteiger partial charge in [-0.05, 0) is 25.0 Å². The minimum Gasteiger partial charge on any atom is -0.331 e. The Morgan fingerprint density at radius 1 is 1.33 bits per heavy atom. The molecule has 2 aromatic rings. The van der Waals surface area contributed by atoms with Gasteiger partial charge in [-0.25, -0.2) is 4.98 Å². The molecule has 2 rings (SSSR count). The van der Waals surface area contributed by atoms with Crippen molar-refractivity contribution in [2.45, 2.75) is 33.1 Å². The van der Waals surface area contributed by atoms with E-state index in [9.17, 15) is 0 Å². The number of imidazole rings is 1. The molecule has 0 radical (unpaired) electrons. The first-order valence-electron chi connectivity index (χ1n) is 5.65. The van der Waals surface area contributed by atoms with Crippen molar-refractivity contribution in [3.8, 4) is 0 Å². The van der Waals surface area contributed by atoms with Gasteiger partial charge >= 0.3 is 0 Å². The van der Waals surface area contributed by atoms with E-state index in [4.69, 9.17) is 0 Å². The highest BCUT2D eigenvalue weighted by Gasteiger charge is 2.08. The van der Waals surface area contributed by atoms with E-state index in [1.807, 2.05) is 0 Å². The second-order valence-electron chi connectivity index (χ2n) is 4.13. The predicted molar refractivity (Wildman–Crippen MR) is 64.1 cm³/mol. The van der Waals surface area contributed by atoms with Crippen molar-refractivity contribution in [3.05, 3.63) is 29.6 Å². The molecule has 0 aliphatic carbocycles. The number of hydrogen-bond donors (Lipinski definition) is 0. The minimum absolute atomic E-state index is 1.08. The fourth-order valence-corrected chi connectivity index (χ4v) is 2.07. The minimum atomic E-state index is 1.08. The number of nitrogens with zero attached hydrogens (tertiary/aromatic N) is 2. The SMILES string of the molecule is CCCCc1nc2cccc(C)c2n1C. The zero-order valence-corrected chi connectivity index (χ0v) is 9.75. The molecule has 0 aliphatic heterocycles.